The number of aryl methyl sites for hydroxylation is 1. The van der Waals surface area contributed by atoms with Crippen molar-refractivity contribution in [3.8, 4) is 0 Å². The normalized spacial score (nSPS) is 16.2. The third-order valence-corrected chi connectivity index (χ3v) is 8.51. The molecule has 5 rings (SSSR count). The lowest BCUT2D eigenvalue weighted by molar-refractivity contribution is -0.171. The van der Waals surface area contributed by atoms with E-state index in [1.165, 1.54) is 24.3 Å². The molecule has 2 heterocycles. The molecule has 0 spiro atoms. The molecule has 250 valence electrons. The smallest absolute Gasteiger partial charge is 0.381 e. The van der Waals surface area contributed by atoms with Gasteiger partial charge in [0.2, 0.25) is 0 Å². The van der Waals surface area contributed by atoms with Crippen molar-refractivity contribution in [1.29, 1.82) is 5.41 Å². The van der Waals surface area contributed by atoms with Gasteiger partial charge < -0.3 is 24.8 Å². The van der Waals surface area contributed by atoms with Gasteiger partial charge in [-0.15, -0.1) is 0 Å². The summed E-state index contributed by atoms with van der Waals surface area (Å²) in [5, 5.41) is 11.2. The van der Waals surface area contributed by atoms with Gasteiger partial charge >= 0.3 is 12.1 Å². The standard InChI is InChI=1S/C34H36F5N5O3/c1-21-3-4-22(15-23-16-24(35)19-25(36)17-23)18-29(21)31(40)41-32(45)28-6-5-27(43-11-9-42(2)10-12-43)20-30(28)44(33(46)34(37,38)39)26-7-13-47-14-8-26/h3-6,16-20,26H,7-15H2,1-2H3,(H2,40,41,45). The van der Waals surface area contributed by atoms with Crippen LogP contribution >= 0.6 is 0 Å². The summed E-state index contributed by atoms with van der Waals surface area (Å²) in [5.41, 5.74) is 2.11. The maximum atomic E-state index is 14.1. The first kappa shape index (κ1) is 34.0. The number of hydrogen-bond acceptors (Lipinski definition) is 6. The van der Waals surface area contributed by atoms with Gasteiger partial charge in [-0.2, -0.15) is 13.2 Å². The zero-order valence-electron chi connectivity index (χ0n) is 26.1. The van der Waals surface area contributed by atoms with Gasteiger partial charge in [0.25, 0.3) is 5.91 Å². The Kier molecular flexibility index (Phi) is 10.3. The summed E-state index contributed by atoms with van der Waals surface area (Å²) >= 11 is 0. The molecule has 3 aromatic carbocycles. The van der Waals surface area contributed by atoms with E-state index in [0.717, 1.165) is 19.2 Å². The van der Waals surface area contributed by atoms with Gasteiger partial charge in [0, 0.05) is 62.8 Å². The van der Waals surface area contributed by atoms with E-state index < -0.39 is 35.7 Å². The fraction of sp³-hybridized carbons (Fsp3) is 0.382. The average Bonchev–Trinajstić information content (AvgIpc) is 3.02. The van der Waals surface area contributed by atoms with Crippen molar-refractivity contribution < 1.29 is 36.3 Å². The van der Waals surface area contributed by atoms with Gasteiger partial charge in [-0.05, 0) is 86.3 Å². The van der Waals surface area contributed by atoms with Gasteiger partial charge in [-0.25, -0.2) is 8.78 Å². The second-order valence-corrected chi connectivity index (χ2v) is 11.9. The Balaban J connectivity index is 1.49. The molecule has 2 amide bonds. The van der Waals surface area contributed by atoms with Crippen molar-refractivity contribution in [1.82, 2.24) is 10.2 Å². The maximum absolute atomic E-state index is 14.1. The van der Waals surface area contributed by atoms with E-state index in [0.29, 0.717) is 45.9 Å². The fourth-order valence-electron chi connectivity index (χ4n) is 5.97. The number of benzene rings is 3. The summed E-state index contributed by atoms with van der Waals surface area (Å²) in [6.45, 7) is 4.71. The second kappa shape index (κ2) is 14.2. The van der Waals surface area contributed by atoms with Crippen LogP contribution in [0.5, 0.6) is 0 Å². The molecule has 0 bridgehead atoms. The summed E-state index contributed by atoms with van der Waals surface area (Å²) in [6.07, 6.45) is -4.75. The highest BCUT2D eigenvalue weighted by Gasteiger charge is 2.46. The summed E-state index contributed by atoms with van der Waals surface area (Å²) in [4.78, 5) is 31.6. The Morgan fingerprint density at radius 3 is 2.21 bits per heavy atom. The van der Waals surface area contributed by atoms with Crippen molar-refractivity contribution in [3.63, 3.8) is 0 Å². The lowest BCUT2D eigenvalue weighted by Crippen LogP contribution is -2.50. The molecule has 8 nitrogen and oxygen atoms in total. The quantitative estimate of drug-likeness (QED) is 0.201. The number of likely N-dealkylation sites (N-methyl/N-ethyl adjacent to an activating group) is 1. The number of carbonyl (C=O) groups is 2. The first-order valence-corrected chi connectivity index (χ1v) is 15.3. The molecule has 2 saturated heterocycles. The Bertz CT molecular complexity index is 1630. The van der Waals surface area contributed by atoms with Crippen molar-refractivity contribution in [2.75, 3.05) is 56.2 Å². The van der Waals surface area contributed by atoms with Crippen molar-refractivity contribution >= 4 is 29.0 Å². The highest BCUT2D eigenvalue weighted by Crippen LogP contribution is 2.35. The highest BCUT2D eigenvalue weighted by molar-refractivity contribution is 6.15. The number of nitrogens with one attached hydrogen (secondary N) is 2. The summed E-state index contributed by atoms with van der Waals surface area (Å²) in [7, 11) is 1.97. The molecule has 2 aliphatic rings. The molecule has 0 unspecified atom stereocenters. The topological polar surface area (TPSA) is 89.0 Å². The molecular weight excluding hydrogens is 621 g/mol. The van der Waals surface area contributed by atoms with E-state index in [9.17, 15) is 31.5 Å². The van der Waals surface area contributed by atoms with Crippen LogP contribution in [0, 0.1) is 24.0 Å². The molecular formula is C34H36F5N5O3. The van der Waals surface area contributed by atoms with E-state index >= 15 is 0 Å². The van der Waals surface area contributed by atoms with E-state index in [2.05, 4.69) is 10.2 Å². The number of anilines is 2. The number of rotatable bonds is 7. The van der Waals surface area contributed by atoms with Crippen LogP contribution in [0.1, 0.15) is 45.5 Å². The third kappa shape index (κ3) is 8.14. The molecule has 0 radical (unpaired) electrons. The monoisotopic (exact) mass is 657 g/mol. The van der Waals surface area contributed by atoms with Crippen LogP contribution < -0.4 is 15.1 Å². The van der Waals surface area contributed by atoms with Crippen LogP contribution in [-0.4, -0.2) is 81.2 Å². The predicted octanol–water partition coefficient (Wildman–Crippen LogP) is 5.45. The minimum absolute atomic E-state index is 0.151. The lowest BCUT2D eigenvalue weighted by Gasteiger charge is -2.37. The summed E-state index contributed by atoms with van der Waals surface area (Å²) < 4.78 is 75.1. The van der Waals surface area contributed by atoms with Gasteiger partial charge in [0.15, 0.2) is 0 Å². The number of amides is 2. The van der Waals surface area contributed by atoms with E-state index in [1.807, 2.05) is 11.9 Å². The maximum Gasteiger partial charge on any atom is 0.471 e. The molecule has 13 heteroatoms. The lowest BCUT2D eigenvalue weighted by atomic mass is 9.98. The zero-order valence-corrected chi connectivity index (χ0v) is 26.1. The number of carbonyl (C=O) groups excluding carboxylic acids is 2. The molecule has 0 saturated carbocycles. The third-order valence-electron chi connectivity index (χ3n) is 8.51. The number of amidine groups is 1. The van der Waals surface area contributed by atoms with Crippen LogP contribution in [0.4, 0.5) is 33.3 Å². The SMILES string of the molecule is Cc1ccc(Cc2cc(F)cc(F)c2)cc1C(=N)NC(=O)c1ccc(N2CCN(C)CC2)cc1N(C(=O)C(F)(F)F)C1CCOCC1. The van der Waals surface area contributed by atoms with Gasteiger partial charge in [-0.3, -0.25) is 15.0 Å². The zero-order chi connectivity index (χ0) is 33.9. The summed E-state index contributed by atoms with van der Waals surface area (Å²) in [6, 6.07) is 11.8. The largest absolute Gasteiger partial charge is 0.471 e. The first-order chi connectivity index (χ1) is 22.3. The van der Waals surface area contributed by atoms with Gasteiger partial charge in [0.05, 0.1) is 11.3 Å². The van der Waals surface area contributed by atoms with Crippen LogP contribution in [0.2, 0.25) is 0 Å². The Morgan fingerprint density at radius 1 is 0.915 bits per heavy atom. The van der Waals surface area contributed by atoms with Gasteiger partial charge in [0.1, 0.15) is 17.5 Å². The van der Waals surface area contributed by atoms with Crippen molar-refractivity contribution in [2.24, 2.45) is 0 Å². The number of ether oxygens (including phenoxy) is 1. The number of nitrogens with zero attached hydrogens (tertiary/aromatic N) is 3. The van der Waals surface area contributed by atoms with E-state index in [-0.39, 0.29) is 49.6 Å². The second-order valence-electron chi connectivity index (χ2n) is 11.9. The molecule has 0 aromatic heterocycles. The Hall–Kier alpha value is -4.36. The van der Waals surface area contributed by atoms with E-state index in [4.69, 9.17) is 10.1 Å². The van der Waals surface area contributed by atoms with Crippen LogP contribution in [0.25, 0.3) is 0 Å². The van der Waals surface area contributed by atoms with Crippen LogP contribution in [-0.2, 0) is 16.0 Å². The number of alkyl halides is 3. The first-order valence-electron chi connectivity index (χ1n) is 15.3. The highest BCUT2D eigenvalue weighted by atomic mass is 19.4. The van der Waals surface area contributed by atoms with Crippen molar-refractivity contribution in [2.45, 2.75) is 38.4 Å². The fourth-order valence-corrected chi connectivity index (χ4v) is 5.97. The molecule has 0 aliphatic carbocycles. The average molecular weight is 658 g/mol. The van der Waals surface area contributed by atoms with Crippen LogP contribution in [0.3, 0.4) is 0 Å². The minimum Gasteiger partial charge on any atom is -0.381 e. The molecule has 2 N–H and O–H groups in total. The molecule has 0 atom stereocenters. The Morgan fingerprint density at radius 2 is 1.57 bits per heavy atom. The van der Waals surface area contributed by atoms with Crippen LogP contribution in [0.15, 0.2) is 54.6 Å². The molecule has 2 aliphatic heterocycles. The number of halogens is 5. The Labute approximate surface area is 269 Å². The number of hydrogen-bond donors (Lipinski definition) is 2. The predicted molar refractivity (Wildman–Crippen MR) is 168 cm³/mol. The molecule has 2 fully saturated rings. The van der Waals surface area contributed by atoms with Crippen molar-refractivity contribution in [3.05, 3.63) is 94.0 Å². The summed E-state index contributed by atoms with van der Waals surface area (Å²) in [5.74, 6) is -4.71. The van der Waals surface area contributed by atoms with Gasteiger partial charge in [-0.1, -0.05) is 12.1 Å². The molecule has 3 aromatic rings. The molecule has 47 heavy (non-hydrogen) atoms. The minimum atomic E-state index is -5.20. The van der Waals surface area contributed by atoms with E-state index in [1.54, 1.807) is 31.2 Å². The number of piperazine rings is 1.